The topological polar surface area (TPSA) is 29.5 Å². The maximum Gasteiger partial charge on any atom is 0.328 e. The highest BCUT2D eigenvalue weighted by Gasteiger charge is 2.32. The van der Waals surface area contributed by atoms with Crippen LogP contribution in [0.25, 0.3) is 0 Å². The molecule has 0 spiro atoms. The van der Waals surface area contributed by atoms with Crippen molar-refractivity contribution in [2.75, 3.05) is 13.1 Å². The van der Waals surface area contributed by atoms with Crippen molar-refractivity contribution < 1.29 is 9.63 Å². The van der Waals surface area contributed by atoms with Gasteiger partial charge in [-0.3, -0.25) is 4.79 Å². The van der Waals surface area contributed by atoms with Gasteiger partial charge in [0.05, 0.1) is 5.92 Å². The molecule has 0 amide bonds. The molecule has 0 aromatic rings. The van der Waals surface area contributed by atoms with Gasteiger partial charge in [0.15, 0.2) is 0 Å². The van der Waals surface area contributed by atoms with E-state index in [1.807, 2.05) is 13.8 Å². The van der Waals surface area contributed by atoms with Gasteiger partial charge in [-0.15, -0.1) is 5.06 Å². The Hall–Kier alpha value is -0.570. The first-order valence-corrected chi connectivity index (χ1v) is 4.24. The van der Waals surface area contributed by atoms with E-state index in [0.29, 0.717) is 0 Å². The molecule has 64 valence electrons. The smallest absolute Gasteiger partial charge is 0.328 e. The highest BCUT2D eigenvalue weighted by Crippen LogP contribution is 2.30. The number of nitrogens with zero attached hydrogens (tertiary/aromatic N) is 1. The van der Waals surface area contributed by atoms with E-state index >= 15 is 0 Å². The second-order valence-electron chi connectivity index (χ2n) is 2.80. The minimum absolute atomic E-state index is 0.0475. The molecule has 0 bridgehead atoms. The Bertz CT molecular complexity index is 139. The van der Waals surface area contributed by atoms with Gasteiger partial charge >= 0.3 is 5.97 Å². The first kappa shape index (κ1) is 8.53. The van der Waals surface area contributed by atoms with E-state index in [-0.39, 0.29) is 11.9 Å². The number of carbonyl (C=O) groups is 1. The molecule has 1 rings (SSSR count). The minimum Gasteiger partial charge on any atom is -0.368 e. The molecule has 1 saturated carbocycles. The summed E-state index contributed by atoms with van der Waals surface area (Å²) < 4.78 is 0. The van der Waals surface area contributed by atoms with Gasteiger partial charge in [0, 0.05) is 13.1 Å². The molecule has 1 fully saturated rings. The highest BCUT2D eigenvalue weighted by molar-refractivity contribution is 5.74. The second kappa shape index (κ2) is 3.72. The standard InChI is InChI=1S/C8H15NO2/c1-3-9(4-2)11-8(10)7-5-6-7/h7H,3-6H2,1-2H3. The van der Waals surface area contributed by atoms with Crippen molar-refractivity contribution in [2.24, 2.45) is 5.92 Å². The van der Waals surface area contributed by atoms with Crippen LogP contribution in [0.15, 0.2) is 0 Å². The molecule has 0 N–H and O–H groups in total. The monoisotopic (exact) mass is 157 g/mol. The van der Waals surface area contributed by atoms with Crippen molar-refractivity contribution >= 4 is 5.97 Å². The second-order valence-corrected chi connectivity index (χ2v) is 2.80. The predicted octanol–water partition coefficient (Wildman–Crippen LogP) is 1.20. The van der Waals surface area contributed by atoms with Crippen molar-refractivity contribution in [1.82, 2.24) is 5.06 Å². The largest absolute Gasteiger partial charge is 0.368 e. The van der Waals surface area contributed by atoms with Gasteiger partial charge in [0.2, 0.25) is 0 Å². The molecule has 0 aliphatic heterocycles. The molecule has 1 aliphatic carbocycles. The lowest BCUT2D eigenvalue weighted by Gasteiger charge is -2.16. The molecule has 0 saturated heterocycles. The maximum atomic E-state index is 11.1. The van der Waals surface area contributed by atoms with Crippen LogP contribution in [0.4, 0.5) is 0 Å². The molecule has 11 heavy (non-hydrogen) atoms. The van der Waals surface area contributed by atoms with Crippen LogP contribution in [-0.4, -0.2) is 24.1 Å². The Morgan fingerprint density at radius 1 is 1.45 bits per heavy atom. The fourth-order valence-corrected chi connectivity index (χ4v) is 0.874. The Balaban J connectivity index is 2.20. The lowest BCUT2D eigenvalue weighted by Crippen LogP contribution is -2.27. The van der Waals surface area contributed by atoms with E-state index in [0.717, 1.165) is 25.9 Å². The van der Waals surface area contributed by atoms with E-state index in [2.05, 4.69) is 0 Å². The summed E-state index contributed by atoms with van der Waals surface area (Å²) in [5, 5.41) is 1.68. The van der Waals surface area contributed by atoms with Crippen LogP contribution in [0, 0.1) is 5.92 Å². The fourth-order valence-electron chi connectivity index (χ4n) is 0.874. The Morgan fingerprint density at radius 3 is 2.36 bits per heavy atom. The highest BCUT2D eigenvalue weighted by atomic mass is 16.7. The third kappa shape index (κ3) is 2.50. The Kier molecular flexibility index (Phi) is 2.88. The summed E-state index contributed by atoms with van der Waals surface area (Å²) in [6.45, 7) is 5.50. The number of rotatable bonds is 4. The third-order valence-corrected chi connectivity index (χ3v) is 1.84. The number of hydrogen-bond acceptors (Lipinski definition) is 3. The molecular formula is C8H15NO2. The number of hydrogen-bond donors (Lipinski definition) is 0. The quantitative estimate of drug-likeness (QED) is 0.574. The summed E-state index contributed by atoms with van der Waals surface area (Å²) in [6.07, 6.45) is 2.03. The number of hydroxylamine groups is 2. The zero-order valence-corrected chi connectivity index (χ0v) is 7.17. The average molecular weight is 157 g/mol. The Morgan fingerprint density at radius 2 is 2.00 bits per heavy atom. The van der Waals surface area contributed by atoms with E-state index in [1.165, 1.54) is 0 Å². The summed E-state index contributed by atoms with van der Waals surface area (Å²) in [5.74, 6) is 0.157. The van der Waals surface area contributed by atoms with Crippen molar-refractivity contribution in [1.29, 1.82) is 0 Å². The summed E-state index contributed by atoms with van der Waals surface area (Å²) in [6, 6.07) is 0. The SMILES string of the molecule is CCN(CC)OC(=O)C1CC1. The predicted molar refractivity (Wildman–Crippen MR) is 41.7 cm³/mol. The minimum atomic E-state index is -0.0475. The van der Waals surface area contributed by atoms with Crippen LogP contribution in [-0.2, 0) is 9.63 Å². The molecule has 3 nitrogen and oxygen atoms in total. The van der Waals surface area contributed by atoms with Gasteiger partial charge in [-0.1, -0.05) is 0 Å². The summed E-state index contributed by atoms with van der Waals surface area (Å²) in [5.41, 5.74) is 0. The fraction of sp³-hybridized carbons (Fsp3) is 0.875. The summed E-state index contributed by atoms with van der Waals surface area (Å²) in [4.78, 5) is 16.1. The van der Waals surface area contributed by atoms with Crippen molar-refractivity contribution in [2.45, 2.75) is 26.7 Å². The van der Waals surface area contributed by atoms with Crippen LogP contribution in [0.2, 0.25) is 0 Å². The van der Waals surface area contributed by atoms with E-state index < -0.39 is 0 Å². The molecule has 1 aliphatic rings. The van der Waals surface area contributed by atoms with Crippen LogP contribution in [0.3, 0.4) is 0 Å². The molecule has 0 unspecified atom stereocenters. The van der Waals surface area contributed by atoms with E-state index in [4.69, 9.17) is 4.84 Å². The van der Waals surface area contributed by atoms with Crippen LogP contribution in [0.5, 0.6) is 0 Å². The molecule has 0 aromatic heterocycles. The van der Waals surface area contributed by atoms with Crippen LogP contribution < -0.4 is 0 Å². The van der Waals surface area contributed by atoms with Crippen molar-refractivity contribution in [3.8, 4) is 0 Å². The van der Waals surface area contributed by atoms with Crippen molar-refractivity contribution in [3.63, 3.8) is 0 Å². The molecule has 0 radical (unpaired) electrons. The summed E-state index contributed by atoms with van der Waals surface area (Å²) >= 11 is 0. The first-order valence-electron chi connectivity index (χ1n) is 4.24. The van der Waals surface area contributed by atoms with Crippen LogP contribution in [0.1, 0.15) is 26.7 Å². The molecular weight excluding hydrogens is 142 g/mol. The molecule has 0 heterocycles. The van der Waals surface area contributed by atoms with Gasteiger partial charge in [0.1, 0.15) is 0 Å². The van der Waals surface area contributed by atoms with Gasteiger partial charge in [-0.05, 0) is 26.7 Å². The van der Waals surface area contributed by atoms with E-state index in [9.17, 15) is 4.79 Å². The molecule has 0 atom stereocenters. The van der Waals surface area contributed by atoms with E-state index in [1.54, 1.807) is 5.06 Å². The zero-order chi connectivity index (χ0) is 8.27. The third-order valence-electron chi connectivity index (χ3n) is 1.84. The lowest BCUT2D eigenvalue weighted by atomic mass is 10.4. The van der Waals surface area contributed by atoms with Gasteiger partial charge in [0.25, 0.3) is 0 Å². The lowest BCUT2D eigenvalue weighted by molar-refractivity contribution is -0.190. The van der Waals surface area contributed by atoms with Crippen LogP contribution >= 0.6 is 0 Å². The molecule has 3 heteroatoms. The average Bonchev–Trinajstić information content (AvgIpc) is 2.81. The molecule has 0 aromatic carbocycles. The van der Waals surface area contributed by atoms with Gasteiger partial charge in [-0.25, -0.2) is 0 Å². The normalized spacial score (nSPS) is 17.0. The number of carbonyl (C=O) groups excluding carboxylic acids is 1. The first-order chi connectivity index (χ1) is 5.27. The van der Waals surface area contributed by atoms with Gasteiger partial charge < -0.3 is 4.84 Å². The zero-order valence-electron chi connectivity index (χ0n) is 7.17. The van der Waals surface area contributed by atoms with Gasteiger partial charge in [-0.2, -0.15) is 0 Å². The maximum absolute atomic E-state index is 11.1. The Labute approximate surface area is 67.3 Å². The van der Waals surface area contributed by atoms with Crippen molar-refractivity contribution in [3.05, 3.63) is 0 Å². The summed E-state index contributed by atoms with van der Waals surface area (Å²) in [7, 11) is 0.